The number of benzene rings is 2. The van der Waals surface area contributed by atoms with Gasteiger partial charge in [0, 0.05) is 25.2 Å². The molecule has 0 aromatic heterocycles. The molecule has 1 unspecified atom stereocenters. The van der Waals surface area contributed by atoms with Crippen molar-refractivity contribution in [3.05, 3.63) is 54.1 Å². The van der Waals surface area contributed by atoms with E-state index in [1.165, 1.54) is 0 Å². The van der Waals surface area contributed by atoms with E-state index in [-0.39, 0.29) is 30.3 Å². The van der Waals surface area contributed by atoms with Crippen molar-refractivity contribution in [2.75, 3.05) is 25.5 Å². The molecule has 1 fully saturated rings. The van der Waals surface area contributed by atoms with Gasteiger partial charge in [-0.05, 0) is 62.2 Å². The second-order valence-electron chi connectivity index (χ2n) is 7.52. The lowest BCUT2D eigenvalue weighted by atomic mass is 10.1. The van der Waals surface area contributed by atoms with Gasteiger partial charge in [0.1, 0.15) is 11.5 Å². The molecular weight excluding hydrogens is 368 g/mol. The van der Waals surface area contributed by atoms with Gasteiger partial charge in [0.25, 0.3) is 0 Å². The first kappa shape index (κ1) is 20.7. The van der Waals surface area contributed by atoms with Crippen molar-refractivity contribution < 1.29 is 19.1 Å². The molecule has 1 atom stereocenters. The van der Waals surface area contributed by atoms with Crippen LogP contribution in [0.4, 0.5) is 5.69 Å². The van der Waals surface area contributed by atoms with Gasteiger partial charge in [0.05, 0.1) is 19.1 Å². The Kier molecular flexibility index (Phi) is 6.75. The van der Waals surface area contributed by atoms with Gasteiger partial charge in [-0.2, -0.15) is 0 Å². The quantitative estimate of drug-likeness (QED) is 0.741. The Hall–Kier alpha value is -3.02. The van der Waals surface area contributed by atoms with Crippen LogP contribution < -0.4 is 14.8 Å². The highest BCUT2D eigenvalue weighted by atomic mass is 16.5. The molecule has 2 aromatic carbocycles. The SMILES string of the molecule is COc1cccc(CCN2CC(C(=O)Nc3ccc(OC(C)C)cc3)CC2=O)c1. The molecule has 1 saturated heterocycles. The number of nitrogens with one attached hydrogen (secondary N) is 1. The molecule has 1 aliphatic heterocycles. The summed E-state index contributed by atoms with van der Waals surface area (Å²) in [6.45, 7) is 4.97. The van der Waals surface area contributed by atoms with E-state index in [0.717, 1.165) is 23.5 Å². The molecule has 0 spiro atoms. The minimum atomic E-state index is -0.334. The van der Waals surface area contributed by atoms with Crippen LogP contribution in [-0.4, -0.2) is 43.0 Å². The highest BCUT2D eigenvalue weighted by Crippen LogP contribution is 2.22. The van der Waals surface area contributed by atoms with Crippen molar-refractivity contribution >= 4 is 17.5 Å². The molecular formula is C23H28N2O4. The van der Waals surface area contributed by atoms with E-state index >= 15 is 0 Å². The predicted octanol–water partition coefficient (Wildman–Crippen LogP) is 3.51. The van der Waals surface area contributed by atoms with Crippen LogP contribution in [0, 0.1) is 5.92 Å². The Bertz CT molecular complexity index is 848. The zero-order valence-corrected chi connectivity index (χ0v) is 17.2. The van der Waals surface area contributed by atoms with Crippen molar-refractivity contribution in [3.8, 4) is 11.5 Å². The van der Waals surface area contributed by atoms with E-state index in [9.17, 15) is 9.59 Å². The molecule has 6 heteroatoms. The van der Waals surface area contributed by atoms with E-state index in [2.05, 4.69) is 5.32 Å². The maximum atomic E-state index is 12.6. The summed E-state index contributed by atoms with van der Waals surface area (Å²) in [7, 11) is 1.64. The number of ether oxygens (including phenoxy) is 2. The molecule has 0 saturated carbocycles. The van der Waals surface area contributed by atoms with Crippen LogP contribution in [0.15, 0.2) is 48.5 Å². The van der Waals surface area contributed by atoms with Gasteiger partial charge in [0.15, 0.2) is 0 Å². The Morgan fingerprint density at radius 3 is 2.62 bits per heavy atom. The second-order valence-corrected chi connectivity index (χ2v) is 7.52. The van der Waals surface area contributed by atoms with Crippen molar-refractivity contribution in [1.29, 1.82) is 0 Å². The fraction of sp³-hybridized carbons (Fsp3) is 0.391. The van der Waals surface area contributed by atoms with E-state index in [1.54, 1.807) is 12.0 Å². The third kappa shape index (κ3) is 5.73. The fourth-order valence-corrected chi connectivity index (χ4v) is 3.39. The highest BCUT2D eigenvalue weighted by molar-refractivity contribution is 5.97. The summed E-state index contributed by atoms with van der Waals surface area (Å²) >= 11 is 0. The zero-order valence-electron chi connectivity index (χ0n) is 17.2. The summed E-state index contributed by atoms with van der Waals surface area (Å²) in [6.07, 6.45) is 1.08. The van der Waals surface area contributed by atoms with Crippen LogP contribution in [0.5, 0.6) is 11.5 Å². The molecule has 6 nitrogen and oxygen atoms in total. The molecule has 0 bridgehead atoms. The first-order valence-electron chi connectivity index (χ1n) is 9.93. The number of hydrogen-bond acceptors (Lipinski definition) is 4. The average molecular weight is 396 g/mol. The van der Waals surface area contributed by atoms with Crippen LogP contribution in [0.2, 0.25) is 0 Å². The molecule has 1 N–H and O–H groups in total. The van der Waals surface area contributed by atoms with Crippen LogP contribution >= 0.6 is 0 Å². The van der Waals surface area contributed by atoms with Crippen LogP contribution in [0.3, 0.4) is 0 Å². The number of amides is 2. The normalized spacial score (nSPS) is 16.2. The third-order valence-electron chi connectivity index (χ3n) is 4.88. The van der Waals surface area contributed by atoms with Crippen LogP contribution in [-0.2, 0) is 16.0 Å². The van der Waals surface area contributed by atoms with Gasteiger partial charge < -0.3 is 19.7 Å². The lowest BCUT2D eigenvalue weighted by molar-refractivity contribution is -0.128. The standard InChI is InChI=1S/C23H28N2O4/c1-16(2)29-20-9-7-19(8-10-20)24-23(27)18-14-22(26)25(15-18)12-11-17-5-4-6-21(13-17)28-3/h4-10,13,16,18H,11-12,14-15H2,1-3H3,(H,24,27). The predicted molar refractivity (Wildman–Crippen MR) is 112 cm³/mol. The highest BCUT2D eigenvalue weighted by Gasteiger charge is 2.34. The first-order chi connectivity index (χ1) is 13.9. The van der Waals surface area contributed by atoms with Gasteiger partial charge in [-0.3, -0.25) is 9.59 Å². The number of rotatable bonds is 8. The number of carbonyl (C=O) groups is 2. The largest absolute Gasteiger partial charge is 0.497 e. The molecule has 1 aliphatic rings. The van der Waals surface area contributed by atoms with Gasteiger partial charge in [-0.1, -0.05) is 12.1 Å². The molecule has 2 amide bonds. The van der Waals surface area contributed by atoms with Crippen LogP contribution in [0.1, 0.15) is 25.8 Å². The van der Waals surface area contributed by atoms with E-state index in [0.29, 0.717) is 18.8 Å². The summed E-state index contributed by atoms with van der Waals surface area (Å²) < 4.78 is 10.8. The molecule has 3 rings (SSSR count). The van der Waals surface area contributed by atoms with Gasteiger partial charge in [-0.15, -0.1) is 0 Å². The lowest BCUT2D eigenvalue weighted by Gasteiger charge is -2.17. The molecule has 1 heterocycles. The number of carbonyl (C=O) groups excluding carboxylic acids is 2. The van der Waals surface area contributed by atoms with Crippen LogP contribution in [0.25, 0.3) is 0 Å². The number of likely N-dealkylation sites (tertiary alicyclic amines) is 1. The monoisotopic (exact) mass is 396 g/mol. The van der Waals surface area contributed by atoms with Crippen molar-refractivity contribution in [2.24, 2.45) is 5.92 Å². The second kappa shape index (κ2) is 9.45. The maximum absolute atomic E-state index is 12.6. The molecule has 154 valence electrons. The molecule has 0 aliphatic carbocycles. The molecule has 0 radical (unpaired) electrons. The summed E-state index contributed by atoms with van der Waals surface area (Å²) in [4.78, 5) is 26.7. The molecule has 29 heavy (non-hydrogen) atoms. The number of methoxy groups -OCH3 is 1. The van der Waals surface area contributed by atoms with E-state index in [1.807, 2.05) is 62.4 Å². The van der Waals surface area contributed by atoms with Crippen molar-refractivity contribution in [1.82, 2.24) is 4.90 Å². The number of nitrogens with zero attached hydrogens (tertiary/aromatic N) is 1. The lowest BCUT2D eigenvalue weighted by Crippen LogP contribution is -2.30. The van der Waals surface area contributed by atoms with Gasteiger partial charge in [0.2, 0.25) is 11.8 Å². The zero-order chi connectivity index (χ0) is 20.8. The van der Waals surface area contributed by atoms with Crippen molar-refractivity contribution in [3.63, 3.8) is 0 Å². The van der Waals surface area contributed by atoms with Crippen molar-refractivity contribution in [2.45, 2.75) is 32.8 Å². The Morgan fingerprint density at radius 1 is 1.17 bits per heavy atom. The summed E-state index contributed by atoms with van der Waals surface area (Å²) in [5.41, 5.74) is 1.81. The molecule has 2 aromatic rings. The number of anilines is 1. The summed E-state index contributed by atoms with van der Waals surface area (Å²) in [5, 5.41) is 2.90. The first-order valence-corrected chi connectivity index (χ1v) is 9.93. The minimum absolute atomic E-state index is 0.0220. The van der Waals surface area contributed by atoms with Gasteiger partial charge >= 0.3 is 0 Å². The van der Waals surface area contributed by atoms with E-state index in [4.69, 9.17) is 9.47 Å². The third-order valence-corrected chi connectivity index (χ3v) is 4.88. The average Bonchev–Trinajstić information content (AvgIpc) is 3.08. The smallest absolute Gasteiger partial charge is 0.229 e. The Morgan fingerprint density at radius 2 is 1.93 bits per heavy atom. The van der Waals surface area contributed by atoms with E-state index < -0.39 is 0 Å². The minimum Gasteiger partial charge on any atom is -0.497 e. The Labute approximate surface area is 171 Å². The van der Waals surface area contributed by atoms with Gasteiger partial charge in [-0.25, -0.2) is 0 Å². The maximum Gasteiger partial charge on any atom is 0.229 e. The summed E-state index contributed by atoms with van der Waals surface area (Å²) in [5.74, 6) is 1.13. The topological polar surface area (TPSA) is 67.9 Å². The number of hydrogen-bond donors (Lipinski definition) is 1. The fourth-order valence-electron chi connectivity index (χ4n) is 3.39. The summed E-state index contributed by atoms with van der Waals surface area (Å²) in [6, 6.07) is 15.1. The Balaban J connectivity index is 1.51.